The maximum absolute atomic E-state index is 12.7. The normalized spacial score (nSPS) is 14.6. The highest BCUT2D eigenvalue weighted by atomic mass is 35.5. The van der Waals surface area contributed by atoms with Gasteiger partial charge in [-0.15, -0.1) is 0 Å². The van der Waals surface area contributed by atoms with Gasteiger partial charge in [0.25, 0.3) is 5.69 Å². The molecule has 0 aliphatic carbocycles. The molecule has 0 spiro atoms. The number of nitro benzene ring substituents is 1. The maximum atomic E-state index is 12.7. The number of anilines is 2. The predicted molar refractivity (Wildman–Crippen MR) is 121 cm³/mol. The minimum absolute atomic E-state index is 0.0111. The molecule has 0 unspecified atom stereocenters. The molecule has 0 aromatic heterocycles. The Morgan fingerprint density at radius 3 is 2.30 bits per heavy atom. The number of benzene rings is 2. The van der Waals surface area contributed by atoms with Gasteiger partial charge in [-0.3, -0.25) is 19.8 Å². The average molecular weight is 431 g/mol. The number of halogens is 1. The zero-order chi connectivity index (χ0) is 21.7. The van der Waals surface area contributed by atoms with E-state index in [1.165, 1.54) is 6.07 Å². The van der Waals surface area contributed by atoms with Crippen molar-refractivity contribution in [2.75, 3.05) is 42.9 Å². The van der Waals surface area contributed by atoms with E-state index < -0.39 is 4.92 Å². The van der Waals surface area contributed by atoms with Gasteiger partial charge in [0, 0.05) is 43.0 Å². The second kappa shape index (κ2) is 9.91. The molecule has 8 heteroatoms. The molecule has 1 aliphatic rings. The van der Waals surface area contributed by atoms with Gasteiger partial charge >= 0.3 is 0 Å². The zero-order valence-electron chi connectivity index (χ0n) is 17.4. The summed E-state index contributed by atoms with van der Waals surface area (Å²) in [6.45, 7) is 7.01. The highest BCUT2D eigenvalue weighted by molar-refractivity contribution is 6.30. The molecular weight excluding hydrogens is 404 g/mol. The molecule has 1 N–H and O–H groups in total. The highest BCUT2D eigenvalue weighted by Gasteiger charge is 2.25. The van der Waals surface area contributed by atoms with Crippen molar-refractivity contribution in [2.45, 2.75) is 26.7 Å². The number of carbonyl (C=O) groups excluding carboxylic acids is 1. The first kappa shape index (κ1) is 22.1. The third kappa shape index (κ3) is 5.09. The van der Waals surface area contributed by atoms with E-state index in [2.05, 4.69) is 24.1 Å². The summed E-state index contributed by atoms with van der Waals surface area (Å²) < 4.78 is 0. The van der Waals surface area contributed by atoms with Crippen molar-refractivity contribution >= 4 is 34.6 Å². The zero-order valence-corrected chi connectivity index (χ0v) is 18.1. The number of piperazine rings is 1. The number of rotatable bonds is 7. The molecule has 1 fully saturated rings. The summed E-state index contributed by atoms with van der Waals surface area (Å²) >= 11 is 5.91. The van der Waals surface area contributed by atoms with Crippen LogP contribution in [0.15, 0.2) is 36.4 Å². The quantitative estimate of drug-likeness (QED) is 0.527. The van der Waals surface area contributed by atoms with Gasteiger partial charge in [-0.25, -0.2) is 0 Å². The summed E-state index contributed by atoms with van der Waals surface area (Å²) in [7, 11) is 0. The van der Waals surface area contributed by atoms with Gasteiger partial charge in [0.1, 0.15) is 5.69 Å². The molecule has 1 amide bonds. The van der Waals surface area contributed by atoms with Crippen LogP contribution in [0.3, 0.4) is 0 Å². The number of hydrogen-bond acceptors (Lipinski definition) is 5. The third-order valence-corrected chi connectivity index (χ3v) is 5.71. The van der Waals surface area contributed by atoms with E-state index in [9.17, 15) is 14.9 Å². The van der Waals surface area contributed by atoms with Crippen LogP contribution in [-0.2, 0) is 17.6 Å². The first-order valence-corrected chi connectivity index (χ1v) is 10.6. The second-order valence-electron chi connectivity index (χ2n) is 7.36. The summed E-state index contributed by atoms with van der Waals surface area (Å²) in [6, 6.07) is 10.9. The van der Waals surface area contributed by atoms with Crippen molar-refractivity contribution in [1.29, 1.82) is 0 Å². The van der Waals surface area contributed by atoms with Crippen LogP contribution in [-0.4, -0.2) is 48.5 Å². The van der Waals surface area contributed by atoms with Gasteiger partial charge in [0.05, 0.1) is 11.5 Å². The van der Waals surface area contributed by atoms with Crippen LogP contribution < -0.4 is 10.2 Å². The number of nitrogens with one attached hydrogen (secondary N) is 1. The molecular formula is C22H27ClN4O3. The van der Waals surface area contributed by atoms with Crippen LogP contribution in [0, 0.1) is 10.1 Å². The Morgan fingerprint density at radius 1 is 1.10 bits per heavy atom. The van der Waals surface area contributed by atoms with E-state index in [1.807, 2.05) is 23.1 Å². The monoisotopic (exact) mass is 430 g/mol. The van der Waals surface area contributed by atoms with Crippen LogP contribution in [0.5, 0.6) is 0 Å². The fraction of sp³-hybridized carbons (Fsp3) is 0.409. The van der Waals surface area contributed by atoms with Gasteiger partial charge in [-0.1, -0.05) is 43.6 Å². The first-order chi connectivity index (χ1) is 14.4. The molecule has 160 valence electrons. The van der Waals surface area contributed by atoms with Gasteiger partial charge in [0.15, 0.2) is 0 Å². The number of carbonyl (C=O) groups is 1. The summed E-state index contributed by atoms with van der Waals surface area (Å²) in [6.07, 6.45) is 1.73. The van der Waals surface area contributed by atoms with Crippen molar-refractivity contribution < 1.29 is 9.72 Å². The SMILES string of the molecule is CCc1cccc(CC)c1NC(=O)CN1CCN(c2ccc(Cl)cc2[N+](=O)[O-])CC1. The Labute approximate surface area is 181 Å². The van der Waals surface area contributed by atoms with E-state index in [0.717, 1.165) is 29.7 Å². The minimum Gasteiger partial charge on any atom is -0.363 e. The van der Waals surface area contributed by atoms with E-state index in [0.29, 0.717) is 43.4 Å². The van der Waals surface area contributed by atoms with Crippen LogP contribution in [0.4, 0.5) is 17.1 Å². The van der Waals surface area contributed by atoms with E-state index in [4.69, 9.17) is 11.6 Å². The lowest BCUT2D eigenvalue weighted by Crippen LogP contribution is -2.48. The Balaban J connectivity index is 1.61. The van der Waals surface area contributed by atoms with Gasteiger partial charge in [0.2, 0.25) is 5.91 Å². The smallest absolute Gasteiger partial charge is 0.294 e. The van der Waals surface area contributed by atoms with Crippen LogP contribution in [0.25, 0.3) is 0 Å². The Kier molecular flexibility index (Phi) is 7.29. The summed E-state index contributed by atoms with van der Waals surface area (Å²) in [4.78, 5) is 27.7. The maximum Gasteiger partial charge on any atom is 0.294 e. The number of nitrogens with zero attached hydrogens (tertiary/aromatic N) is 3. The molecule has 1 heterocycles. The fourth-order valence-electron chi connectivity index (χ4n) is 3.84. The summed E-state index contributed by atoms with van der Waals surface area (Å²) in [5.74, 6) is -0.0310. The van der Waals surface area contributed by atoms with E-state index in [1.54, 1.807) is 12.1 Å². The first-order valence-electron chi connectivity index (χ1n) is 10.2. The summed E-state index contributed by atoms with van der Waals surface area (Å²) in [5.41, 5.74) is 3.79. The van der Waals surface area contributed by atoms with Crippen LogP contribution >= 0.6 is 11.6 Å². The molecule has 1 aliphatic heterocycles. The predicted octanol–water partition coefficient (Wildman–Crippen LogP) is 4.13. The minimum atomic E-state index is -0.405. The van der Waals surface area contributed by atoms with Crippen molar-refractivity contribution in [1.82, 2.24) is 4.90 Å². The largest absolute Gasteiger partial charge is 0.363 e. The fourth-order valence-corrected chi connectivity index (χ4v) is 4.01. The average Bonchev–Trinajstić information content (AvgIpc) is 2.74. The molecule has 0 saturated carbocycles. The Hall–Kier alpha value is -2.64. The molecule has 0 radical (unpaired) electrons. The number of nitro groups is 1. The van der Waals surface area contributed by atoms with E-state index in [-0.39, 0.29) is 11.6 Å². The van der Waals surface area contributed by atoms with E-state index >= 15 is 0 Å². The molecule has 3 rings (SSSR count). The standard InChI is InChI=1S/C22H27ClN4O3/c1-3-16-6-5-7-17(4-2)22(16)24-21(28)15-25-10-12-26(13-11-25)19-9-8-18(23)14-20(19)27(29)30/h5-9,14H,3-4,10-13,15H2,1-2H3,(H,24,28). The molecule has 2 aromatic rings. The van der Waals surface area contributed by atoms with Crippen LogP contribution in [0.2, 0.25) is 5.02 Å². The summed E-state index contributed by atoms with van der Waals surface area (Å²) in [5, 5.41) is 14.8. The topological polar surface area (TPSA) is 78.7 Å². The van der Waals surface area contributed by atoms with Gasteiger partial charge in [-0.05, 0) is 36.1 Å². The third-order valence-electron chi connectivity index (χ3n) is 5.48. The van der Waals surface area contributed by atoms with Crippen LogP contribution in [0.1, 0.15) is 25.0 Å². The number of amides is 1. The lowest BCUT2D eigenvalue weighted by molar-refractivity contribution is -0.384. The second-order valence-corrected chi connectivity index (χ2v) is 7.80. The van der Waals surface area contributed by atoms with Crippen molar-refractivity contribution in [3.05, 3.63) is 62.7 Å². The van der Waals surface area contributed by atoms with Crippen molar-refractivity contribution in [3.63, 3.8) is 0 Å². The van der Waals surface area contributed by atoms with Gasteiger partial charge in [-0.2, -0.15) is 0 Å². The molecule has 7 nitrogen and oxygen atoms in total. The molecule has 0 atom stereocenters. The van der Waals surface area contributed by atoms with Crippen molar-refractivity contribution in [2.24, 2.45) is 0 Å². The Morgan fingerprint density at radius 2 is 1.73 bits per heavy atom. The molecule has 1 saturated heterocycles. The number of hydrogen-bond donors (Lipinski definition) is 1. The number of aryl methyl sites for hydroxylation is 2. The molecule has 2 aromatic carbocycles. The lowest BCUT2D eigenvalue weighted by Gasteiger charge is -2.35. The van der Waals surface area contributed by atoms with Crippen molar-refractivity contribution in [3.8, 4) is 0 Å². The number of para-hydroxylation sites is 1. The molecule has 30 heavy (non-hydrogen) atoms. The van der Waals surface area contributed by atoms with Gasteiger partial charge < -0.3 is 10.2 Å². The Bertz CT molecular complexity index is 904. The molecule has 0 bridgehead atoms. The lowest BCUT2D eigenvalue weighted by atomic mass is 10.0. The highest BCUT2D eigenvalue weighted by Crippen LogP contribution is 2.31.